The Morgan fingerprint density at radius 1 is 0.722 bits per heavy atom. The van der Waals surface area contributed by atoms with Crippen LogP contribution in [0.2, 0.25) is 0 Å². The van der Waals surface area contributed by atoms with Gasteiger partial charge in [0.25, 0.3) is 10.1 Å². The van der Waals surface area contributed by atoms with E-state index in [1.54, 1.807) is 36.7 Å². The third-order valence-electron chi connectivity index (χ3n) is 5.60. The van der Waals surface area contributed by atoms with Crippen LogP contribution in [0.3, 0.4) is 0 Å². The van der Waals surface area contributed by atoms with E-state index < -0.39 is 10.1 Å². The fourth-order valence-corrected chi connectivity index (χ4v) is 4.62. The zero-order chi connectivity index (χ0) is 24.4. The largest absolute Gasteiger partial charge is 1.00 e. The van der Waals surface area contributed by atoms with Crippen molar-refractivity contribution >= 4 is 38.0 Å². The van der Waals surface area contributed by atoms with Crippen molar-refractivity contribution in [2.45, 2.75) is 4.90 Å². The van der Waals surface area contributed by atoms with Crippen molar-refractivity contribution < 1.29 is 44.0 Å². The molecule has 0 aliphatic heterocycles. The van der Waals surface area contributed by atoms with Crippen LogP contribution < -0.4 is 35.3 Å². The van der Waals surface area contributed by atoms with Crippen LogP contribution in [0.15, 0.2) is 119 Å². The summed E-state index contributed by atoms with van der Waals surface area (Å²) in [5, 5.41) is 9.20. The van der Waals surface area contributed by atoms with Gasteiger partial charge in [0.05, 0.1) is 11.9 Å². The van der Waals surface area contributed by atoms with Gasteiger partial charge in [0.2, 0.25) is 0 Å². The normalized spacial score (nSPS) is 11.5. The van der Waals surface area contributed by atoms with Crippen LogP contribution in [0.1, 0.15) is 1.43 Å². The summed E-state index contributed by atoms with van der Waals surface area (Å²) < 4.78 is 33.6. The van der Waals surface area contributed by atoms with Crippen molar-refractivity contribution in [1.82, 2.24) is 4.98 Å². The minimum Gasteiger partial charge on any atom is -1.00 e. The average Bonchev–Trinajstić information content (AvgIpc) is 2.88. The molecule has 5 aromatic rings. The summed E-state index contributed by atoms with van der Waals surface area (Å²) in [5.41, 5.74) is 11.1. The molecule has 0 saturated carbocycles. The number of hydrogen-bond acceptors (Lipinski definition) is 6. The Balaban J connectivity index is 0.00000190. The molecule has 0 fully saturated rings. The number of nitrogens with two attached hydrogens (primary N) is 1. The Morgan fingerprint density at radius 3 is 2.08 bits per heavy atom. The van der Waals surface area contributed by atoms with Crippen LogP contribution in [-0.4, -0.2) is 18.0 Å². The number of nitrogens with zero attached hydrogens (tertiary/aromatic N) is 3. The molecule has 0 aliphatic carbocycles. The van der Waals surface area contributed by atoms with E-state index in [0.29, 0.717) is 16.5 Å². The summed E-state index contributed by atoms with van der Waals surface area (Å²) in [5.74, 6) is 0. The van der Waals surface area contributed by atoms with Gasteiger partial charge in [0.15, 0.2) is 0 Å². The molecule has 174 valence electrons. The van der Waals surface area contributed by atoms with Crippen molar-refractivity contribution in [2.75, 3.05) is 5.73 Å². The van der Waals surface area contributed by atoms with Gasteiger partial charge in [-0.2, -0.15) is 8.42 Å². The second kappa shape index (κ2) is 10.7. The van der Waals surface area contributed by atoms with E-state index in [4.69, 9.17) is 5.73 Å². The molecule has 1 aromatic heterocycles. The van der Waals surface area contributed by atoms with Crippen LogP contribution >= 0.6 is 0 Å². The maximum absolute atomic E-state index is 11.9. The van der Waals surface area contributed by atoms with Gasteiger partial charge in [-0.15, -0.1) is 10.2 Å². The summed E-state index contributed by atoms with van der Waals surface area (Å²) in [6.45, 7) is 0. The Bertz CT molecular complexity index is 1700. The summed E-state index contributed by atoms with van der Waals surface area (Å²) in [6, 6.07) is 27.9. The molecule has 3 N–H and O–H groups in total. The molecule has 5 rings (SSSR count). The second-order valence-electron chi connectivity index (χ2n) is 7.91. The molecule has 0 bridgehead atoms. The van der Waals surface area contributed by atoms with E-state index in [0.717, 1.165) is 22.3 Å². The van der Waals surface area contributed by atoms with Gasteiger partial charge in [-0.25, -0.2) is 0 Å². The molecule has 7 nitrogen and oxygen atoms in total. The van der Waals surface area contributed by atoms with Gasteiger partial charge in [-0.1, -0.05) is 72.8 Å². The van der Waals surface area contributed by atoms with E-state index in [-0.39, 0.29) is 47.3 Å². The van der Waals surface area contributed by atoms with Crippen molar-refractivity contribution in [1.29, 1.82) is 0 Å². The maximum Gasteiger partial charge on any atom is 1.00 e. The van der Waals surface area contributed by atoms with Gasteiger partial charge in [0.1, 0.15) is 16.3 Å². The fourth-order valence-electron chi connectivity index (χ4n) is 3.91. The topological polar surface area (TPSA) is 118 Å². The molecule has 0 aliphatic rings. The molecule has 36 heavy (non-hydrogen) atoms. The van der Waals surface area contributed by atoms with Crippen molar-refractivity contribution in [2.24, 2.45) is 10.2 Å². The van der Waals surface area contributed by atoms with Crippen molar-refractivity contribution in [3.63, 3.8) is 0 Å². The first kappa shape index (κ1) is 25.7. The Kier molecular flexibility index (Phi) is 7.63. The number of azo groups is 1. The first-order valence-corrected chi connectivity index (χ1v) is 12.2. The zero-order valence-electron chi connectivity index (χ0n) is 20.4. The van der Waals surface area contributed by atoms with Gasteiger partial charge in [0, 0.05) is 22.5 Å². The van der Waals surface area contributed by atoms with Crippen LogP contribution in [0.4, 0.5) is 17.1 Å². The number of rotatable bonds is 5. The van der Waals surface area contributed by atoms with Crippen LogP contribution in [-0.2, 0) is 10.1 Å². The SMILES string of the molecule is Nc1c(N=Nc2cncc(-c3cccc(-c4ccccc4)c3)c2)cc(S(=O)(=O)O)c2ccccc12.[H-].[Na+]. The predicted octanol–water partition coefficient (Wildman–Crippen LogP) is 3.93. The summed E-state index contributed by atoms with van der Waals surface area (Å²) in [6.07, 6.45) is 3.29. The number of nitrogen functional groups attached to an aromatic ring is 1. The minimum atomic E-state index is -4.49. The van der Waals surface area contributed by atoms with E-state index in [9.17, 15) is 13.0 Å². The Morgan fingerprint density at radius 2 is 1.36 bits per heavy atom. The molecule has 9 heteroatoms. The third kappa shape index (κ3) is 5.38. The molecule has 0 amide bonds. The van der Waals surface area contributed by atoms with Crippen LogP contribution in [0, 0.1) is 0 Å². The average molecular weight is 505 g/mol. The zero-order valence-corrected chi connectivity index (χ0v) is 22.2. The Labute approximate surface area is 232 Å². The van der Waals surface area contributed by atoms with Crippen LogP contribution in [0.5, 0.6) is 0 Å². The maximum atomic E-state index is 11.9. The monoisotopic (exact) mass is 504 g/mol. The first-order chi connectivity index (χ1) is 16.9. The number of anilines is 1. The number of hydrogen-bond donors (Lipinski definition) is 2. The van der Waals surface area contributed by atoms with Crippen LogP contribution in [0.25, 0.3) is 33.0 Å². The molecule has 4 aromatic carbocycles. The molecule has 0 spiro atoms. The summed E-state index contributed by atoms with van der Waals surface area (Å²) in [4.78, 5) is 4.01. The first-order valence-electron chi connectivity index (χ1n) is 10.7. The molecule has 0 unspecified atom stereocenters. The number of fused-ring (bicyclic) bond motifs is 1. The fraction of sp³-hybridized carbons (Fsp3) is 0. The number of benzene rings is 4. The predicted molar refractivity (Wildman–Crippen MR) is 139 cm³/mol. The van der Waals surface area contributed by atoms with E-state index in [1.165, 1.54) is 6.07 Å². The molecular weight excluding hydrogens is 483 g/mol. The molecule has 0 radical (unpaired) electrons. The van der Waals surface area contributed by atoms with Gasteiger partial charge in [-0.3, -0.25) is 9.54 Å². The minimum absolute atomic E-state index is 0. The van der Waals surface area contributed by atoms with Gasteiger partial charge < -0.3 is 7.16 Å². The van der Waals surface area contributed by atoms with Crippen molar-refractivity contribution in [3.05, 3.63) is 103 Å². The van der Waals surface area contributed by atoms with Gasteiger partial charge >= 0.3 is 29.6 Å². The number of pyridine rings is 1. The molecule has 0 atom stereocenters. The number of aromatic nitrogens is 1. The summed E-state index contributed by atoms with van der Waals surface area (Å²) >= 11 is 0. The quantitative estimate of drug-likeness (QED) is 0.163. The van der Waals surface area contributed by atoms with E-state index in [1.807, 2.05) is 42.5 Å². The second-order valence-corrected chi connectivity index (χ2v) is 9.30. The summed E-state index contributed by atoms with van der Waals surface area (Å²) in [7, 11) is -4.49. The molecular formula is C27H21N4NaO3S. The smallest absolute Gasteiger partial charge is 1.00 e. The van der Waals surface area contributed by atoms with E-state index in [2.05, 4.69) is 33.4 Å². The molecule has 0 saturated heterocycles. The Hall–Kier alpha value is -3.40. The van der Waals surface area contributed by atoms with Gasteiger partial charge in [-0.05, 0) is 34.9 Å². The standard InChI is InChI=1S/C27H20N4O3S.Na.H/c28-27-24-12-5-4-11-23(24)26(35(32,33)34)15-25(27)31-30-22-14-21(16-29-17-22)20-10-6-9-19(13-20)18-7-2-1-3-8-18;;/h1-17H,28H2,(H,32,33,34);;/q;+1;-1. The third-order valence-corrected chi connectivity index (χ3v) is 6.50. The van der Waals surface area contributed by atoms with E-state index >= 15 is 0 Å². The van der Waals surface area contributed by atoms with Crippen molar-refractivity contribution in [3.8, 4) is 22.3 Å². The molecule has 1 heterocycles.